The number of hydrogen-bond acceptors (Lipinski definition) is 8. The highest BCUT2D eigenvalue weighted by molar-refractivity contribution is 7.99. The van der Waals surface area contributed by atoms with Crippen LogP contribution in [0.4, 0.5) is 0 Å². The Morgan fingerprint density at radius 3 is 2.16 bits per heavy atom. The Hall–Kier alpha value is -5.52. The number of carbonyl (C=O) groups is 2. The Labute approximate surface area is 344 Å². The number of hydrogen-bond donors (Lipinski definition) is 3. The zero-order chi connectivity index (χ0) is 40.1. The molecule has 2 heterocycles. The molecular weight excluding hydrogens is 747 g/mol. The molecule has 1 fully saturated rings. The van der Waals surface area contributed by atoms with Crippen LogP contribution in [0.15, 0.2) is 143 Å². The zero-order valence-corrected chi connectivity index (χ0v) is 33.5. The fourth-order valence-corrected chi connectivity index (χ4v) is 7.80. The Morgan fingerprint density at radius 2 is 1.43 bits per heavy atom. The molecule has 298 valence electrons. The first-order chi connectivity index (χ1) is 28.4. The maximum Gasteiger partial charge on any atom is 0.256 e. The number of carbonyl (C=O) groups excluding carboxylic acids is 2. The molecular formula is C48H49N3O6S. The van der Waals surface area contributed by atoms with Gasteiger partial charge in [0, 0.05) is 55.3 Å². The van der Waals surface area contributed by atoms with Gasteiger partial charge in [-0.05, 0) is 46.7 Å². The number of aliphatic hydroxyl groups is 1. The minimum Gasteiger partial charge on any atom is -0.431 e. The number of aliphatic hydroxyl groups excluding tert-OH is 1. The molecule has 10 heteroatoms. The third-order valence-corrected chi connectivity index (χ3v) is 11.0. The van der Waals surface area contributed by atoms with Gasteiger partial charge < -0.3 is 29.6 Å². The van der Waals surface area contributed by atoms with Crippen LogP contribution in [0.3, 0.4) is 0 Å². The summed E-state index contributed by atoms with van der Waals surface area (Å²) in [6.45, 7) is 2.59. The quantitative estimate of drug-likeness (QED) is 0.0616. The normalized spacial score (nSPS) is 16.5. The minimum absolute atomic E-state index is 0.0180. The van der Waals surface area contributed by atoms with Crippen molar-refractivity contribution in [3.05, 3.63) is 156 Å². The molecule has 6 aromatic rings. The molecule has 1 aromatic heterocycles. The van der Waals surface area contributed by atoms with Crippen LogP contribution in [-0.4, -0.2) is 40.3 Å². The van der Waals surface area contributed by atoms with E-state index in [9.17, 15) is 14.7 Å². The van der Waals surface area contributed by atoms with Gasteiger partial charge in [0.25, 0.3) is 5.22 Å². The molecule has 5 aromatic carbocycles. The maximum atomic E-state index is 12.5. The highest BCUT2D eigenvalue weighted by Crippen LogP contribution is 2.41. The molecule has 0 spiro atoms. The number of rotatable bonds is 17. The summed E-state index contributed by atoms with van der Waals surface area (Å²) in [7, 11) is 0. The summed E-state index contributed by atoms with van der Waals surface area (Å²) in [4.78, 5) is 28.4. The third kappa shape index (κ3) is 11.1. The molecule has 2 amide bonds. The number of unbranched alkanes of at least 4 members (excludes halogenated alkanes) is 2. The molecule has 1 aliphatic rings. The summed E-state index contributed by atoms with van der Waals surface area (Å²) in [6, 6.07) is 44.5. The van der Waals surface area contributed by atoms with Crippen molar-refractivity contribution < 1.29 is 28.6 Å². The van der Waals surface area contributed by atoms with Crippen molar-refractivity contribution in [2.45, 2.75) is 75.9 Å². The van der Waals surface area contributed by atoms with Gasteiger partial charge in [-0.2, -0.15) is 0 Å². The Morgan fingerprint density at radius 1 is 0.724 bits per heavy atom. The van der Waals surface area contributed by atoms with E-state index in [1.165, 1.54) is 18.7 Å². The second kappa shape index (κ2) is 20.3. The van der Waals surface area contributed by atoms with E-state index in [-0.39, 0.29) is 30.6 Å². The first-order valence-electron chi connectivity index (χ1n) is 19.9. The highest BCUT2D eigenvalue weighted by Gasteiger charge is 2.33. The molecule has 1 saturated heterocycles. The smallest absolute Gasteiger partial charge is 0.256 e. The average Bonchev–Trinajstić information content (AvgIpc) is 3.71. The number of amides is 2. The lowest BCUT2D eigenvalue weighted by Gasteiger charge is -2.36. The van der Waals surface area contributed by atoms with Crippen LogP contribution < -0.4 is 10.6 Å². The molecule has 0 saturated carbocycles. The second-order valence-electron chi connectivity index (χ2n) is 14.4. The summed E-state index contributed by atoms with van der Waals surface area (Å²) in [5.41, 5.74) is 8.66. The molecule has 3 atom stereocenters. The van der Waals surface area contributed by atoms with Crippen LogP contribution in [-0.2, 0) is 32.2 Å². The predicted octanol–water partition coefficient (Wildman–Crippen LogP) is 9.82. The molecule has 0 bridgehead atoms. The van der Waals surface area contributed by atoms with Crippen molar-refractivity contribution in [3.63, 3.8) is 0 Å². The van der Waals surface area contributed by atoms with Crippen molar-refractivity contribution in [1.82, 2.24) is 15.6 Å². The van der Waals surface area contributed by atoms with Crippen LogP contribution in [0.5, 0.6) is 0 Å². The van der Waals surface area contributed by atoms with Gasteiger partial charge in [-0.1, -0.05) is 146 Å². The topological polar surface area (TPSA) is 123 Å². The fourth-order valence-electron chi connectivity index (χ4n) is 6.96. The number of benzene rings is 5. The fraction of sp³-hybridized carbons (Fsp3) is 0.271. The van der Waals surface area contributed by atoms with E-state index < -0.39 is 6.29 Å². The third-order valence-electron chi connectivity index (χ3n) is 10.1. The van der Waals surface area contributed by atoms with Crippen molar-refractivity contribution in [2.24, 2.45) is 0 Å². The van der Waals surface area contributed by atoms with Crippen LogP contribution >= 0.6 is 11.8 Å². The van der Waals surface area contributed by atoms with E-state index in [1.54, 1.807) is 0 Å². The first kappa shape index (κ1) is 40.7. The van der Waals surface area contributed by atoms with Crippen molar-refractivity contribution in [2.75, 3.05) is 12.3 Å². The zero-order valence-electron chi connectivity index (χ0n) is 32.6. The van der Waals surface area contributed by atoms with Crippen LogP contribution in [0, 0.1) is 0 Å². The van der Waals surface area contributed by atoms with Gasteiger partial charge in [0.05, 0.1) is 18.8 Å². The number of aromatic nitrogens is 1. The largest absolute Gasteiger partial charge is 0.431 e. The van der Waals surface area contributed by atoms with Gasteiger partial charge in [-0.3, -0.25) is 9.59 Å². The van der Waals surface area contributed by atoms with Gasteiger partial charge in [-0.25, -0.2) is 4.98 Å². The van der Waals surface area contributed by atoms with E-state index in [0.717, 1.165) is 75.2 Å². The average molecular weight is 796 g/mol. The summed E-state index contributed by atoms with van der Waals surface area (Å²) < 4.78 is 19.7. The SMILES string of the molecule is CC(=O)NCCCCCC(=O)NCc1cccc(-c2ccc([C@H]3O[C@@H](CSc4nc(-c5ccccc5)c(-c5ccccc5)o4)C[C@@H](c4ccc(CO)cc4)O3)cc2)c1. The summed E-state index contributed by atoms with van der Waals surface area (Å²) in [5.74, 6) is 1.34. The molecule has 3 N–H and O–H groups in total. The van der Waals surface area contributed by atoms with E-state index in [2.05, 4.69) is 34.9 Å². The van der Waals surface area contributed by atoms with Crippen molar-refractivity contribution >= 4 is 23.6 Å². The molecule has 9 nitrogen and oxygen atoms in total. The number of nitrogens with one attached hydrogen (secondary N) is 2. The van der Waals surface area contributed by atoms with Crippen molar-refractivity contribution in [3.8, 4) is 33.7 Å². The predicted molar refractivity (Wildman–Crippen MR) is 227 cm³/mol. The monoisotopic (exact) mass is 795 g/mol. The lowest BCUT2D eigenvalue weighted by molar-refractivity contribution is -0.245. The van der Waals surface area contributed by atoms with E-state index in [1.807, 2.05) is 109 Å². The second-order valence-corrected chi connectivity index (χ2v) is 15.4. The maximum absolute atomic E-state index is 12.5. The first-order valence-corrected chi connectivity index (χ1v) is 20.9. The Balaban J connectivity index is 1.02. The number of ether oxygens (including phenoxy) is 2. The molecule has 0 unspecified atom stereocenters. The van der Waals surface area contributed by atoms with Gasteiger partial charge in [0.2, 0.25) is 11.8 Å². The molecule has 0 radical (unpaired) electrons. The summed E-state index contributed by atoms with van der Waals surface area (Å²) >= 11 is 1.54. The number of nitrogens with zero attached hydrogens (tertiary/aromatic N) is 1. The van der Waals surface area contributed by atoms with E-state index >= 15 is 0 Å². The van der Waals surface area contributed by atoms with Gasteiger partial charge in [-0.15, -0.1) is 0 Å². The van der Waals surface area contributed by atoms with Gasteiger partial charge in [0.1, 0.15) is 5.69 Å². The Kier molecular flexibility index (Phi) is 14.2. The Bertz CT molecular complexity index is 2170. The lowest BCUT2D eigenvalue weighted by atomic mass is 9.99. The summed E-state index contributed by atoms with van der Waals surface area (Å²) in [6.07, 6.45) is 2.64. The standard InChI is InChI=1S/C48H49N3O6S/c1-33(53)49-27-10-4-9-18-44(54)50-30-35-12-11-17-41(28-35)36-23-25-40(26-24-36)47-55-42(29-43(56-47)37-21-19-34(31-52)20-22-37)32-58-48-51-45(38-13-5-2-6-14-38)46(57-48)39-15-7-3-8-16-39/h2-3,5-8,11-17,19-26,28,42-43,47,52H,4,9-10,18,27,29-32H2,1H3,(H,49,53)(H,50,54)/t42-,43+,47+/m1/s1. The molecule has 0 aliphatic carbocycles. The van der Waals surface area contributed by atoms with Crippen molar-refractivity contribution in [1.29, 1.82) is 0 Å². The summed E-state index contributed by atoms with van der Waals surface area (Å²) in [5, 5.41) is 16.1. The number of oxazole rings is 1. The lowest BCUT2D eigenvalue weighted by Crippen LogP contribution is -2.31. The number of thioether (sulfide) groups is 1. The van der Waals surface area contributed by atoms with Crippen LogP contribution in [0.25, 0.3) is 33.7 Å². The van der Waals surface area contributed by atoms with Crippen LogP contribution in [0.2, 0.25) is 0 Å². The van der Waals surface area contributed by atoms with E-state index in [4.69, 9.17) is 18.9 Å². The highest BCUT2D eigenvalue weighted by atomic mass is 32.2. The molecule has 7 rings (SSSR count). The minimum atomic E-state index is -0.604. The van der Waals surface area contributed by atoms with Gasteiger partial charge in [0.15, 0.2) is 12.1 Å². The molecule has 58 heavy (non-hydrogen) atoms. The van der Waals surface area contributed by atoms with E-state index in [0.29, 0.717) is 36.9 Å². The van der Waals surface area contributed by atoms with Crippen LogP contribution in [0.1, 0.15) is 73.7 Å². The molecule has 1 aliphatic heterocycles. The van der Waals surface area contributed by atoms with Gasteiger partial charge >= 0.3 is 0 Å².